The number of hydrogen-bond donors (Lipinski definition) is 0. The molecule has 0 saturated carbocycles. The van der Waals surface area contributed by atoms with E-state index >= 15 is 0 Å². The predicted molar refractivity (Wildman–Crippen MR) is 68.0 cm³/mol. The Hall–Kier alpha value is -1.41. The SMILES string of the molecule is C[Si](C)(C)O[SiH](C#N)c1ccc(C#N)cc1. The first-order valence-corrected chi connectivity index (χ1v) is 10.1. The van der Waals surface area contributed by atoms with Gasteiger partial charge >= 0.3 is 9.04 Å². The highest BCUT2D eigenvalue weighted by atomic mass is 28.4. The average molecular weight is 246 g/mol. The summed E-state index contributed by atoms with van der Waals surface area (Å²) in [5.74, 6) is 0. The first-order chi connectivity index (χ1) is 7.46. The summed E-state index contributed by atoms with van der Waals surface area (Å²) in [4.78, 5) is 0. The second-order valence-corrected chi connectivity index (χ2v) is 11.3. The fourth-order valence-corrected chi connectivity index (χ4v) is 5.53. The quantitative estimate of drug-likeness (QED) is 0.758. The molecule has 0 aliphatic heterocycles. The summed E-state index contributed by atoms with van der Waals surface area (Å²) < 4.78 is 5.88. The molecule has 0 fully saturated rings. The Bertz CT molecular complexity index is 437. The van der Waals surface area contributed by atoms with E-state index in [-0.39, 0.29) is 0 Å². The third-order valence-corrected chi connectivity index (χ3v) is 6.93. The molecule has 3 nitrogen and oxygen atoms in total. The van der Waals surface area contributed by atoms with E-state index < -0.39 is 17.4 Å². The summed E-state index contributed by atoms with van der Waals surface area (Å²) in [5.41, 5.74) is 2.89. The fraction of sp³-hybridized carbons (Fsp3) is 0.273. The Morgan fingerprint density at radius 2 is 1.69 bits per heavy atom. The number of hydrogen-bond acceptors (Lipinski definition) is 3. The molecule has 0 heterocycles. The Morgan fingerprint density at radius 3 is 2.06 bits per heavy atom. The van der Waals surface area contributed by atoms with Gasteiger partial charge in [0.25, 0.3) is 0 Å². The Morgan fingerprint density at radius 1 is 1.12 bits per heavy atom. The van der Waals surface area contributed by atoms with Crippen molar-refractivity contribution in [3.63, 3.8) is 0 Å². The average Bonchev–Trinajstić information content (AvgIpc) is 2.25. The lowest BCUT2D eigenvalue weighted by Crippen LogP contribution is -2.41. The van der Waals surface area contributed by atoms with Gasteiger partial charge in [-0.3, -0.25) is 0 Å². The first kappa shape index (κ1) is 12.7. The normalized spacial score (nSPS) is 12.6. The molecule has 0 spiro atoms. The third-order valence-electron chi connectivity index (χ3n) is 1.93. The molecule has 16 heavy (non-hydrogen) atoms. The molecule has 0 amide bonds. The fourth-order valence-electron chi connectivity index (χ4n) is 1.25. The highest BCUT2D eigenvalue weighted by molar-refractivity contribution is 6.85. The van der Waals surface area contributed by atoms with Crippen LogP contribution in [0.4, 0.5) is 0 Å². The van der Waals surface area contributed by atoms with E-state index in [0.29, 0.717) is 5.56 Å². The highest BCUT2D eigenvalue weighted by Crippen LogP contribution is 2.05. The molecular formula is C11H14N2OSi2. The van der Waals surface area contributed by atoms with Crippen LogP contribution in [0.3, 0.4) is 0 Å². The summed E-state index contributed by atoms with van der Waals surface area (Å²) in [7, 11) is -3.64. The summed E-state index contributed by atoms with van der Waals surface area (Å²) >= 11 is 0. The van der Waals surface area contributed by atoms with Crippen molar-refractivity contribution in [3.05, 3.63) is 29.8 Å². The Balaban J connectivity index is 2.89. The zero-order chi connectivity index (χ0) is 12.2. The van der Waals surface area contributed by atoms with E-state index in [1.54, 1.807) is 12.1 Å². The van der Waals surface area contributed by atoms with Gasteiger partial charge in [0.15, 0.2) is 8.32 Å². The zero-order valence-corrected chi connectivity index (χ0v) is 11.8. The van der Waals surface area contributed by atoms with E-state index in [0.717, 1.165) is 5.19 Å². The van der Waals surface area contributed by atoms with Crippen LogP contribution in [0.1, 0.15) is 5.56 Å². The van der Waals surface area contributed by atoms with Crippen LogP contribution in [0.15, 0.2) is 24.3 Å². The van der Waals surface area contributed by atoms with Crippen LogP contribution in [-0.4, -0.2) is 17.4 Å². The summed E-state index contributed by atoms with van der Waals surface area (Å²) in [6.45, 7) is 6.23. The van der Waals surface area contributed by atoms with Crippen LogP contribution in [0.2, 0.25) is 19.6 Å². The molecule has 1 rings (SSSR count). The van der Waals surface area contributed by atoms with E-state index in [9.17, 15) is 0 Å². The van der Waals surface area contributed by atoms with Gasteiger partial charge in [0.2, 0.25) is 0 Å². The maximum Gasteiger partial charge on any atom is 0.312 e. The van der Waals surface area contributed by atoms with E-state index in [2.05, 4.69) is 31.4 Å². The molecule has 0 aromatic heterocycles. The minimum atomic E-state index is -1.97. The summed E-state index contributed by atoms with van der Waals surface area (Å²) in [6, 6.07) is 9.20. The van der Waals surface area contributed by atoms with Crippen molar-refractivity contribution >= 4 is 22.5 Å². The van der Waals surface area contributed by atoms with Gasteiger partial charge < -0.3 is 4.12 Å². The zero-order valence-electron chi connectivity index (χ0n) is 9.69. The standard InChI is InChI=1S/C11H14N2OSi2/c1-16(2,3)14-15(9-13)11-6-4-10(8-12)5-7-11/h4-7,15H,1-3H3. The smallest absolute Gasteiger partial charge is 0.312 e. The van der Waals surface area contributed by atoms with Gasteiger partial charge in [0.05, 0.1) is 17.3 Å². The Kier molecular flexibility index (Phi) is 4.02. The van der Waals surface area contributed by atoms with E-state index in [1.807, 2.05) is 12.1 Å². The third kappa shape index (κ3) is 3.63. The maximum absolute atomic E-state index is 9.11. The van der Waals surface area contributed by atoms with Crippen LogP contribution in [0.5, 0.6) is 0 Å². The topological polar surface area (TPSA) is 56.8 Å². The van der Waals surface area contributed by atoms with Gasteiger partial charge in [-0.25, -0.2) is 5.26 Å². The summed E-state index contributed by atoms with van der Waals surface area (Å²) in [5, 5.41) is 18.7. The molecule has 0 aliphatic carbocycles. The second kappa shape index (κ2) is 5.08. The van der Waals surface area contributed by atoms with E-state index in [1.165, 1.54) is 0 Å². The van der Waals surface area contributed by atoms with Crippen LogP contribution < -0.4 is 5.19 Å². The lowest BCUT2D eigenvalue weighted by molar-refractivity contribution is 0.595. The molecular weight excluding hydrogens is 232 g/mol. The molecule has 0 radical (unpaired) electrons. The van der Waals surface area contributed by atoms with Gasteiger partial charge in [-0.1, -0.05) is 12.1 Å². The van der Waals surface area contributed by atoms with Crippen LogP contribution in [0, 0.1) is 22.3 Å². The van der Waals surface area contributed by atoms with Gasteiger partial charge in [0, 0.05) is 0 Å². The van der Waals surface area contributed by atoms with Gasteiger partial charge in [-0.2, -0.15) is 5.26 Å². The molecule has 0 aliphatic rings. The van der Waals surface area contributed by atoms with Crippen molar-refractivity contribution in [2.24, 2.45) is 0 Å². The van der Waals surface area contributed by atoms with Crippen LogP contribution in [-0.2, 0) is 4.12 Å². The molecule has 0 saturated heterocycles. The van der Waals surface area contributed by atoms with Crippen molar-refractivity contribution < 1.29 is 4.12 Å². The first-order valence-electron chi connectivity index (χ1n) is 5.04. The lowest BCUT2D eigenvalue weighted by Gasteiger charge is -2.21. The van der Waals surface area contributed by atoms with Crippen molar-refractivity contribution in [1.29, 1.82) is 10.5 Å². The summed E-state index contributed by atoms with van der Waals surface area (Å²) in [6.07, 6.45) is 0. The van der Waals surface area contributed by atoms with Gasteiger partial charge in [-0.05, 0) is 37.0 Å². The number of nitriles is 2. The van der Waals surface area contributed by atoms with Crippen molar-refractivity contribution in [2.45, 2.75) is 19.6 Å². The molecule has 1 atom stereocenters. The highest BCUT2D eigenvalue weighted by Gasteiger charge is 2.23. The monoisotopic (exact) mass is 246 g/mol. The molecule has 82 valence electrons. The Labute approximate surface area is 98.8 Å². The molecule has 1 aromatic carbocycles. The van der Waals surface area contributed by atoms with Crippen molar-refractivity contribution in [3.8, 4) is 11.8 Å². The number of benzene rings is 1. The van der Waals surface area contributed by atoms with Crippen LogP contribution in [0.25, 0.3) is 0 Å². The van der Waals surface area contributed by atoms with Crippen LogP contribution >= 0.6 is 0 Å². The largest absolute Gasteiger partial charge is 0.445 e. The molecule has 1 aromatic rings. The molecule has 1 unspecified atom stereocenters. The maximum atomic E-state index is 9.11. The minimum Gasteiger partial charge on any atom is -0.445 e. The van der Waals surface area contributed by atoms with Crippen molar-refractivity contribution in [1.82, 2.24) is 0 Å². The molecule has 0 bridgehead atoms. The minimum absolute atomic E-state index is 0.613. The predicted octanol–water partition coefficient (Wildman–Crippen LogP) is 1.40. The molecule has 0 N–H and O–H groups in total. The lowest BCUT2D eigenvalue weighted by atomic mass is 10.2. The van der Waals surface area contributed by atoms with Crippen molar-refractivity contribution in [2.75, 3.05) is 0 Å². The van der Waals surface area contributed by atoms with E-state index in [4.69, 9.17) is 14.6 Å². The number of nitrogens with zero attached hydrogens (tertiary/aromatic N) is 2. The van der Waals surface area contributed by atoms with Gasteiger partial charge in [-0.15, -0.1) is 0 Å². The molecule has 5 heteroatoms. The number of rotatable bonds is 3. The van der Waals surface area contributed by atoms with Gasteiger partial charge in [0.1, 0.15) is 0 Å². The second-order valence-electron chi connectivity index (χ2n) is 4.47.